The second kappa shape index (κ2) is 6.56. The van der Waals surface area contributed by atoms with Crippen molar-refractivity contribution >= 4 is 46.2 Å². The van der Waals surface area contributed by atoms with Crippen molar-refractivity contribution in [2.24, 2.45) is 4.99 Å². The summed E-state index contributed by atoms with van der Waals surface area (Å²) < 4.78 is 13.7. The van der Waals surface area contributed by atoms with Crippen LogP contribution in [0.15, 0.2) is 58.4 Å². The zero-order chi connectivity index (χ0) is 16.4. The van der Waals surface area contributed by atoms with Gasteiger partial charge in [-0.05, 0) is 47.7 Å². The van der Waals surface area contributed by atoms with E-state index in [1.807, 2.05) is 12.1 Å². The van der Waals surface area contributed by atoms with Crippen LogP contribution in [0.25, 0.3) is 6.08 Å². The van der Waals surface area contributed by atoms with Crippen LogP contribution < -0.4 is 0 Å². The van der Waals surface area contributed by atoms with Crippen LogP contribution in [0.2, 0.25) is 5.02 Å². The molecule has 1 amide bonds. The summed E-state index contributed by atoms with van der Waals surface area (Å²) in [5.41, 5.74) is 1.08. The Morgan fingerprint density at radius 1 is 1.17 bits per heavy atom. The minimum Gasteiger partial charge on any atom is -0.290 e. The molecule has 0 radical (unpaired) electrons. The number of amides is 1. The Hall–Kier alpha value is -2.11. The number of carbonyl (C=O) groups is 1. The summed E-state index contributed by atoms with van der Waals surface area (Å²) >= 11 is 7.07. The first-order valence-electron chi connectivity index (χ1n) is 6.81. The van der Waals surface area contributed by atoms with Crippen LogP contribution in [0.5, 0.6) is 0 Å². The zero-order valence-electron chi connectivity index (χ0n) is 12.2. The Kier molecular flexibility index (Phi) is 4.50. The maximum Gasteiger partial charge on any atom is 0.266 e. The molecule has 6 heteroatoms. The number of nitrogens with zero attached hydrogens (tertiary/aromatic N) is 2. The number of carbonyl (C=O) groups excluding carboxylic acids is 1. The van der Waals surface area contributed by atoms with E-state index in [9.17, 15) is 9.18 Å². The van der Waals surface area contributed by atoms with Gasteiger partial charge in [0, 0.05) is 12.1 Å². The van der Waals surface area contributed by atoms with Gasteiger partial charge in [0.2, 0.25) is 0 Å². The predicted octanol–water partition coefficient (Wildman–Crippen LogP) is 4.71. The summed E-state index contributed by atoms with van der Waals surface area (Å²) in [4.78, 5) is 18.5. The largest absolute Gasteiger partial charge is 0.290 e. The molecule has 0 spiro atoms. The average Bonchev–Trinajstić information content (AvgIpc) is 2.80. The predicted molar refractivity (Wildman–Crippen MR) is 93.3 cm³/mol. The fourth-order valence-electron chi connectivity index (χ4n) is 2.01. The normalized spacial score (nSPS) is 18.2. The molecule has 2 aromatic rings. The fourth-order valence-corrected chi connectivity index (χ4v) is 3.11. The number of hydrogen-bond donors (Lipinski definition) is 0. The molecule has 3 rings (SSSR count). The van der Waals surface area contributed by atoms with Crippen molar-refractivity contribution in [2.45, 2.75) is 0 Å². The van der Waals surface area contributed by atoms with E-state index in [1.165, 1.54) is 22.7 Å². The average molecular weight is 347 g/mol. The fraction of sp³-hybridized carbons (Fsp3) is 0.0588. The van der Waals surface area contributed by atoms with E-state index in [2.05, 4.69) is 4.99 Å². The van der Waals surface area contributed by atoms with Gasteiger partial charge < -0.3 is 0 Å². The molecule has 2 aromatic carbocycles. The summed E-state index contributed by atoms with van der Waals surface area (Å²) in [5.74, 6) is -0.586. The Labute approximate surface area is 142 Å². The van der Waals surface area contributed by atoms with Gasteiger partial charge in [-0.2, -0.15) is 0 Å². The minimum atomic E-state index is -0.420. The number of hydrogen-bond acceptors (Lipinski definition) is 3. The lowest BCUT2D eigenvalue weighted by Crippen LogP contribution is -2.23. The molecule has 1 fully saturated rings. The van der Waals surface area contributed by atoms with Gasteiger partial charge in [-0.1, -0.05) is 35.9 Å². The van der Waals surface area contributed by atoms with E-state index in [0.29, 0.717) is 15.1 Å². The van der Waals surface area contributed by atoms with E-state index >= 15 is 0 Å². The molecule has 23 heavy (non-hydrogen) atoms. The molecular weight excluding hydrogens is 335 g/mol. The molecule has 0 N–H and O–H groups in total. The Balaban J connectivity index is 1.91. The Bertz CT molecular complexity index is 818. The topological polar surface area (TPSA) is 32.7 Å². The molecule has 0 bridgehead atoms. The first-order chi connectivity index (χ1) is 11.0. The number of aliphatic imine (C=N–C) groups is 1. The highest BCUT2D eigenvalue weighted by Gasteiger charge is 2.30. The van der Waals surface area contributed by atoms with Crippen LogP contribution in [-0.2, 0) is 4.79 Å². The number of benzene rings is 2. The molecular formula is C17H12ClFN2OS. The first-order valence-corrected chi connectivity index (χ1v) is 8.00. The quantitative estimate of drug-likeness (QED) is 0.737. The zero-order valence-corrected chi connectivity index (χ0v) is 13.7. The smallest absolute Gasteiger partial charge is 0.266 e. The van der Waals surface area contributed by atoms with Crippen LogP contribution in [-0.4, -0.2) is 23.0 Å². The van der Waals surface area contributed by atoms with Crippen molar-refractivity contribution in [2.75, 3.05) is 7.05 Å². The van der Waals surface area contributed by atoms with Crippen LogP contribution in [0.1, 0.15) is 5.56 Å². The standard InChI is InChI=1S/C17H12ClFN2OS/c1-21-16(22)15(10-11-6-8-12(18)9-7-11)23-17(21)20-14-5-3-2-4-13(14)19/h2-10H,1H3/b15-10+,20-17?. The van der Waals surface area contributed by atoms with Gasteiger partial charge in [0.1, 0.15) is 11.5 Å². The van der Waals surface area contributed by atoms with Gasteiger partial charge in [0.05, 0.1) is 4.91 Å². The van der Waals surface area contributed by atoms with E-state index in [-0.39, 0.29) is 11.6 Å². The lowest BCUT2D eigenvalue weighted by Gasteiger charge is -2.07. The van der Waals surface area contributed by atoms with Crippen LogP contribution >= 0.6 is 23.4 Å². The van der Waals surface area contributed by atoms with Crippen molar-refractivity contribution < 1.29 is 9.18 Å². The number of thioether (sulfide) groups is 1. The van der Waals surface area contributed by atoms with E-state index < -0.39 is 5.82 Å². The van der Waals surface area contributed by atoms with Crippen LogP contribution in [0.3, 0.4) is 0 Å². The number of likely N-dealkylation sites (N-methyl/N-ethyl adjacent to an activating group) is 1. The summed E-state index contributed by atoms with van der Waals surface area (Å²) in [6, 6.07) is 13.4. The van der Waals surface area contributed by atoms with Gasteiger partial charge >= 0.3 is 0 Å². The van der Waals surface area contributed by atoms with Crippen LogP contribution in [0.4, 0.5) is 10.1 Å². The van der Waals surface area contributed by atoms with Crippen molar-refractivity contribution in [3.05, 3.63) is 69.8 Å². The molecule has 1 aliphatic rings. The van der Waals surface area contributed by atoms with Crippen LogP contribution in [0, 0.1) is 5.82 Å². The summed E-state index contributed by atoms with van der Waals surface area (Å²) in [7, 11) is 1.62. The second-order valence-corrected chi connectivity index (χ2v) is 6.32. The van der Waals surface area contributed by atoms with Gasteiger partial charge in [-0.15, -0.1) is 0 Å². The van der Waals surface area contributed by atoms with Crippen molar-refractivity contribution in [1.82, 2.24) is 4.90 Å². The van der Waals surface area contributed by atoms with E-state index in [0.717, 1.165) is 5.56 Å². The van der Waals surface area contributed by atoms with E-state index in [1.54, 1.807) is 43.5 Å². The lowest BCUT2D eigenvalue weighted by molar-refractivity contribution is -0.121. The van der Waals surface area contributed by atoms with Gasteiger partial charge in [0.25, 0.3) is 5.91 Å². The third-order valence-corrected chi connectivity index (χ3v) is 4.55. The Morgan fingerprint density at radius 2 is 1.87 bits per heavy atom. The lowest BCUT2D eigenvalue weighted by atomic mass is 10.2. The molecule has 0 saturated carbocycles. The highest BCUT2D eigenvalue weighted by atomic mass is 35.5. The summed E-state index contributed by atoms with van der Waals surface area (Å²) in [5, 5.41) is 1.08. The molecule has 0 aromatic heterocycles. The van der Waals surface area contributed by atoms with Crippen molar-refractivity contribution in [3.63, 3.8) is 0 Å². The molecule has 1 aliphatic heterocycles. The number of rotatable bonds is 2. The molecule has 1 saturated heterocycles. The first kappa shape index (κ1) is 15.8. The summed E-state index contributed by atoms with van der Waals surface area (Å²) in [6.07, 6.45) is 1.77. The maximum atomic E-state index is 13.7. The van der Waals surface area contributed by atoms with Gasteiger partial charge in [0.15, 0.2) is 5.17 Å². The number of para-hydroxylation sites is 1. The third kappa shape index (κ3) is 3.46. The van der Waals surface area contributed by atoms with Crippen molar-refractivity contribution in [1.29, 1.82) is 0 Å². The molecule has 0 atom stereocenters. The van der Waals surface area contributed by atoms with Gasteiger partial charge in [-0.3, -0.25) is 9.69 Å². The maximum absolute atomic E-state index is 13.7. The molecule has 116 valence electrons. The highest BCUT2D eigenvalue weighted by molar-refractivity contribution is 8.18. The molecule has 3 nitrogen and oxygen atoms in total. The Morgan fingerprint density at radius 3 is 2.57 bits per heavy atom. The third-order valence-electron chi connectivity index (χ3n) is 3.24. The van der Waals surface area contributed by atoms with Gasteiger partial charge in [-0.25, -0.2) is 9.38 Å². The van der Waals surface area contributed by atoms with E-state index in [4.69, 9.17) is 11.6 Å². The minimum absolute atomic E-state index is 0.167. The SMILES string of the molecule is CN1C(=O)/C(=C\c2ccc(Cl)cc2)SC1=Nc1ccccc1F. The molecule has 0 aliphatic carbocycles. The second-order valence-electron chi connectivity index (χ2n) is 4.87. The summed E-state index contributed by atoms with van der Waals surface area (Å²) in [6.45, 7) is 0. The monoisotopic (exact) mass is 346 g/mol. The highest BCUT2D eigenvalue weighted by Crippen LogP contribution is 2.33. The molecule has 0 unspecified atom stereocenters. The number of amidine groups is 1. The molecule has 1 heterocycles. The van der Waals surface area contributed by atoms with Crippen molar-refractivity contribution in [3.8, 4) is 0 Å². The number of halogens is 2.